The molecule has 0 fully saturated rings. The maximum atomic E-state index is 10.6. The maximum Gasteiger partial charge on any atom is 0.328 e. The zero-order valence-corrected chi connectivity index (χ0v) is 11.6. The predicted octanol–water partition coefficient (Wildman–Crippen LogP) is 2.07. The molecule has 0 saturated heterocycles. The summed E-state index contributed by atoms with van der Waals surface area (Å²) in [5.74, 6) is 0.212. The SMILES string of the molecule is COc1ccc(C=CC(=O)O)c(OCCn2cccn2)c1. The van der Waals surface area contributed by atoms with Crippen LogP contribution in [-0.2, 0) is 11.3 Å². The highest BCUT2D eigenvalue weighted by Crippen LogP contribution is 2.26. The summed E-state index contributed by atoms with van der Waals surface area (Å²) in [6, 6.07) is 7.07. The summed E-state index contributed by atoms with van der Waals surface area (Å²) in [4.78, 5) is 10.6. The number of rotatable bonds is 7. The van der Waals surface area contributed by atoms with Gasteiger partial charge in [-0.05, 0) is 24.3 Å². The van der Waals surface area contributed by atoms with E-state index in [0.29, 0.717) is 30.2 Å². The Hall–Kier alpha value is -2.76. The van der Waals surface area contributed by atoms with E-state index in [1.165, 1.54) is 6.08 Å². The summed E-state index contributed by atoms with van der Waals surface area (Å²) in [5.41, 5.74) is 0.679. The second-order valence-corrected chi connectivity index (χ2v) is 4.19. The molecule has 0 aliphatic rings. The molecule has 2 aromatic rings. The minimum absolute atomic E-state index is 0.419. The van der Waals surface area contributed by atoms with Gasteiger partial charge in [-0.3, -0.25) is 4.68 Å². The van der Waals surface area contributed by atoms with Crippen molar-refractivity contribution in [2.45, 2.75) is 6.54 Å². The number of carboxylic acids is 1. The molecule has 0 bridgehead atoms. The van der Waals surface area contributed by atoms with Gasteiger partial charge in [0.25, 0.3) is 0 Å². The number of nitrogens with zero attached hydrogens (tertiary/aromatic N) is 2. The van der Waals surface area contributed by atoms with Crippen molar-refractivity contribution in [1.82, 2.24) is 9.78 Å². The molecule has 110 valence electrons. The number of carbonyl (C=O) groups is 1. The molecule has 1 aromatic carbocycles. The first-order chi connectivity index (χ1) is 10.2. The van der Waals surface area contributed by atoms with Gasteiger partial charge in [-0.15, -0.1) is 0 Å². The van der Waals surface area contributed by atoms with Crippen LogP contribution in [0.4, 0.5) is 0 Å². The van der Waals surface area contributed by atoms with Gasteiger partial charge < -0.3 is 14.6 Å². The number of aromatic nitrogens is 2. The quantitative estimate of drug-likeness (QED) is 0.789. The van der Waals surface area contributed by atoms with Gasteiger partial charge in [-0.1, -0.05) is 0 Å². The van der Waals surface area contributed by atoms with Crippen LogP contribution in [0, 0.1) is 0 Å². The van der Waals surface area contributed by atoms with Crippen molar-refractivity contribution < 1.29 is 19.4 Å². The largest absolute Gasteiger partial charge is 0.497 e. The molecule has 21 heavy (non-hydrogen) atoms. The molecule has 6 heteroatoms. The molecule has 6 nitrogen and oxygen atoms in total. The van der Waals surface area contributed by atoms with E-state index >= 15 is 0 Å². The molecule has 1 heterocycles. The minimum Gasteiger partial charge on any atom is -0.497 e. The van der Waals surface area contributed by atoms with Gasteiger partial charge in [0, 0.05) is 30.1 Å². The van der Waals surface area contributed by atoms with E-state index in [1.807, 2.05) is 12.3 Å². The van der Waals surface area contributed by atoms with Crippen molar-refractivity contribution in [3.05, 3.63) is 48.3 Å². The fourth-order valence-electron chi connectivity index (χ4n) is 1.75. The normalized spacial score (nSPS) is 10.7. The van der Waals surface area contributed by atoms with Gasteiger partial charge in [0.2, 0.25) is 0 Å². The zero-order chi connectivity index (χ0) is 15.1. The van der Waals surface area contributed by atoms with E-state index in [9.17, 15) is 4.79 Å². The van der Waals surface area contributed by atoms with Crippen LogP contribution in [0.1, 0.15) is 5.56 Å². The second kappa shape index (κ2) is 7.14. The fourth-order valence-corrected chi connectivity index (χ4v) is 1.75. The van der Waals surface area contributed by atoms with Gasteiger partial charge in [0.15, 0.2) is 0 Å². The second-order valence-electron chi connectivity index (χ2n) is 4.19. The number of carboxylic acid groups (broad SMARTS) is 1. The third-order valence-electron chi connectivity index (χ3n) is 2.76. The standard InChI is InChI=1S/C15H16N2O4/c1-20-13-5-3-12(4-6-15(18)19)14(11-13)21-10-9-17-8-2-7-16-17/h2-8,11H,9-10H2,1H3,(H,18,19). The fraction of sp³-hybridized carbons (Fsp3) is 0.200. The molecular weight excluding hydrogens is 272 g/mol. The molecule has 0 aliphatic carbocycles. The first kappa shape index (κ1) is 14.6. The molecular formula is C15H16N2O4. The number of aliphatic carboxylic acids is 1. The topological polar surface area (TPSA) is 73.6 Å². The number of hydrogen-bond donors (Lipinski definition) is 1. The summed E-state index contributed by atoms with van der Waals surface area (Å²) in [6.45, 7) is 1.02. The smallest absolute Gasteiger partial charge is 0.328 e. The first-order valence-corrected chi connectivity index (χ1v) is 6.38. The molecule has 0 radical (unpaired) electrons. The van der Waals surface area contributed by atoms with Crippen LogP contribution in [-0.4, -0.2) is 34.6 Å². The number of benzene rings is 1. The van der Waals surface area contributed by atoms with Crippen molar-refractivity contribution in [3.8, 4) is 11.5 Å². The minimum atomic E-state index is -1.01. The summed E-state index contributed by atoms with van der Waals surface area (Å²) < 4.78 is 12.6. The Kier molecular flexibility index (Phi) is 4.98. The van der Waals surface area contributed by atoms with Crippen LogP contribution < -0.4 is 9.47 Å². The molecule has 0 saturated carbocycles. The third-order valence-corrected chi connectivity index (χ3v) is 2.76. The van der Waals surface area contributed by atoms with Crippen LogP contribution in [0.5, 0.6) is 11.5 Å². The van der Waals surface area contributed by atoms with Crippen molar-refractivity contribution in [3.63, 3.8) is 0 Å². The van der Waals surface area contributed by atoms with Crippen molar-refractivity contribution in [2.24, 2.45) is 0 Å². The lowest BCUT2D eigenvalue weighted by atomic mass is 10.1. The van der Waals surface area contributed by atoms with E-state index in [2.05, 4.69) is 5.10 Å². The van der Waals surface area contributed by atoms with Crippen molar-refractivity contribution >= 4 is 12.0 Å². The summed E-state index contributed by atoms with van der Waals surface area (Å²) in [7, 11) is 1.57. The highest BCUT2D eigenvalue weighted by atomic mass is 16.5. The lowest BCUT2D eigenvalue weighted by Gasteiger charge is -2.11. The Morgan fingerprint density at radius 2 is 2.33 bits per heavy atom. The molecule has 1 aromatic heterocycles. The van der Waals surface area contributed by atoms with E-state index in [0.717, 1.165) is 6.08 Å². The van der Waals surface area contributed by atoms with Gasteiger partial charge in [-0.2, -0.15) is 5.10 Å². The maximum absolute atomic E-state index is 10.6. The van der Waals surface area contributed by atoms with E-state index in [-0.39, 0.29) is 0 Å². The van der Waals surface area contributed by atoms with Gasteiger partial charge in [-0.25, -0.2) is 4.79 Å². The van der Waals surface area contributed by atoms with E-state index < -0.39 is 5.97 Å². The van der Waals surface area contributed by atoms with Gasteiger partial charge in [0.1, 0.15) is 18.1 Å². The Bertz CT molecular complexity index is 621. The van der Waals surface area contributed by atoms with Gasteiger partial charge in [0.05, 0.1) is 13.7 Å². The molecule has 0 atom stereocenters. The molecule has 0 spiro atoms. The molecule has 0 unspecified atom stereocenters. The first-order valence-electron chi connectivity index (χ1n) is 6.38. The number of ether oxygens (including phenoxy) is 2. The Balaban J connectivity index is 2.08. The third kappa shape index (κ3) is 4.38. The summed E-state index contributed by atoms with van der Waals surface area (Å²) in [6.07, 6.45) is 6.11. The molecule has 0 aliphatic heterocycles. The predicted molar refractivity (Wildman–Crippen MR) is 77.4 cm³/mol. The average molecular weight is 288 g/mol. The average Bonchev–Trinajstić information content (AvgIpc) is 2.99. The lowest BCUT2D eigenvalue weighted by molar-refractivity contribution is -0.131. The zero-order valence-electron chi connectivity index (χ0n) is 11.6. The number of hydrogen-bond acceptors (Lipinski definition) is 4. The monoisotopic (exact) mass is 288 g/mol. The summed E-state index contributed by atoms with van der Waals surface area (Å²) in [5, 5.41) is 12.8. The Morgan fingerprint density at radius 3 is 3.00 bits per heavy atom. The van der Waals surface area contributed by atoms with Crippen LogP contribution >= 0.6 is 0 Å². The van der Waals surface area contributed by atoms with Crippen LogP contribution in [0.25, 0.3) is 6.08 Å². The van der Waals surface area contributed by atoms with Crippen molar-refractivity contribution in [2.75, 3.05) is 13.7 Å². The highest BCUT2D eigenvalue weighted by Gasteiger charge is 2.04. The van der Waals surface area contributed by atoms with Crippen LogP contribution in [0.3, 0.4) is 0 Å². The molecule has 0 amide bonds. The van der Waals surface area contributed by atoms with Crippen LogP contribution in [0.2, 0.25) is 0 Å². The summed E-state index contributed by atoms with van der Waals surface area (Å²) >= 11 is 0. The van der Waals surface area contributed by atoms with Crippen LogP contribution in [0.15, 0.2) is 42.7 Å². The Morgan fingerprint density at radius 1 is 1.48 bits per heavy atom. The van der Waals surface area contributed by atoms with Gasteiger partial charge >= 0.3 is 5.97 Å². The van der Waals surface area contributed by atoms with E-state index in [1.54, 1.807) is 36.2 Å². The highest BCUT2D eigenvalue weighted by molar-refractivity contribution is 5.86. The van der Waals surface area contributed by atoms with E-state index in [4.69, 9.17) is 14.6 Å². The molecule has 2 rings (SSSR count). The number of methoxy groups -OCH3 is 1. The van der Waals surface area contributed by atoms with Crippen molar-refractivity contribution in [1.29, 1.82) is 0 Å². The lowest BCUT2D eigenvalue weighted by Crippen LogP contribution is -2.09. The molecule has 1 N–H and O–H groups in total. The Labute approximate surface area is 122 Å².